The number of amides is 2. The van der Waals surface area contributed by atoms with Crippen molar-refractivity contribution in [1.29, 1.82) is 0 Å². The molecule has 1 aromatic carbocycles. The zero-order valence-electron chi connectivity index (χ0n) is 9.28. The molecule has 2 rings (SSSR count). The highest BCUT2D eigenvalue weighted by atomic mass is 127. The van der Waals surface area contributed by atoms with Crippen LogP contribution in [0.1, 0.15) is 23.2 Å². The summed E-state index contributed by atoms with van der Waals surface area (Å²) in [5, 5.41) is 0.561. The molecule has 1 aliphatic heterocycles. The van der Waals surface area contributed by atoms with Gasteiger partial charge in [0.15, 0.2) is 0 Å². The quantitative estimate of drug-likeness (QED) is 0.299. The monoisotopic (exact) mass is 597 g/mol. The summed E-state index contributed by atoms with van der Waals surface area (Å²) in [4.78, 5) is 39.7. The standard InChI is InChI=1S/C11H6I3NO4/c12-5-3-6(10(14)7(13)4-5)11(18)19-15-8(16)1-2-9(15)17/h3-4H,1-2H2. The van der Waals surface area contributed by atoms with Crippen LogP contribution < -0.4 is 0 Å². The number of carbonyl (C=O) groups excluding carboxylic acids is 3. The molecule has 8 heteroatoms. The third kappa shape index (κ3) is 3.37. The Morgan fingerprint density at radius 3 is 2.26 bits per heavy atom. The second-order valence-corrected chi connectivity index (χ2v) is 7.20. The highest BCUT2D eigenvalue weighted by Crippen LogP contribution is 2.24. The van der Waals surface area contributed by atoms with E-state index >= 15 is 0 Å². The topological polar surface area (TPSA) is 63.7 Å². The predicted octanol–water partition coefficient (Wildman–Crippen LogP) is 2.72. The number of nitrogens with zero attached hydrogens (tertiary/aromatic N) is 1. The van der Waals surface area contributed by atoms with E-state index in [1.54, 1.807) is 6.07 Å². The normalized spacial score (nSPS) is 15.0. The molecule has 1 aliphatic rings. The van der Waals surface area contributed by atoms with E-state index in [2.05, 4.69) is 45.2 Å². The lowest BCUT2D eigenvalue weighted by Gasteiger charge is -2.13. The molecule has 0 radical (unpaired) electrons. The van der Waals surface area contributed by atoms with Gasteiger partial charge in [0, 0.05) is 23.6 Å². The third-order valence-corrected chi connectivity index (χ3v) is 6.06. The first kappa shape index (κ1) is 15.4. The van der Waals surface area contributed by atoms with Gasteiger partial charge in [-0.15, -0.1) is 5.06 Å². The Balaban J connectivity index is 2.26. The molecule has 0 unspecified atom stereocenters. The fraction of sp³-hybridized carbons (Fsp3) is 0.182. The van der Waals surface area contributed by atoms with Crippen LogP contribution >= 0.6 is 67.8 Å². The van der Waals surface area contributed by atoms with Gasteiger partial charge in [-0.05, 0) is 79.9 Å². The van der Waals surface area contributed by atoms with E-state index < -0.39 is 17.8 Å². The maximum atomic E-state index is 12.0. The number of imide groups is 1. The maximum absolute atomic E-state index is 12.0. The molecular formula is C11H6I3NO4. The molecule has 100 valence electrons. The second kappa shape index (κ2) is 6.20. The van der Waals surface area contributed by atoms with Crippen molar-refractivity contribution >= 4 is 85.6 Å². The summed E-state index contributed by atoms with van der Waals surface area (Å²) in [7, 11) is 0. The molecule has 0 aromatic heterocycles. The van der Waals surface area contributed by atoms with Crippen molar-refractivity contribution in [3.05, 3.63) is 28.4 Å². The van der Waals surface area contributed by atoms with E-state index in [9.17, 15) is 14.4 Å². The molecule has 2 amide bonds. The van der Waals surface area contributed by atoms with Crippen molar-refractivity contribution in [2.24, 2.45) is 0 Å². The highest BCUT2D eigenvalue weighted by Gasteiger charge is 2.33. The average Bonchev–Trinajstić information content (AvgIpc) is 2.65. The Kier molecular flexibility index (Phi) is 5.03. The number of benzene rings is 1. The number of hydrogen-bond acceptors (Lipinski definition) is 4. The SMILES string of the molecule is O=C(ON1C(=O)CCC1=O)c1cc(I)cc(I)c1I. The molecule has 1 saturated heterocycles. The number of hydrogen-bond donors (Lipinski definition) is 0. The van der Waals surface area contributed by atoms with Crippen LogP contribution in [0.2, 0.25) is 0 Å². The van der Waals surface area contributed by atoms with E-state index in [0.29, 0.717) is 10.6 Å². The van der Waals surface area contributed by atoms with Crippen LogP contribution in [0.15, 0.2) is 12.1 Å². The summed E-state index contributed by atoms with van der Waals surface area (Å²) in [6, 6.07) is 3.59. The van der Waals surface area contributed by atoms with Gasteiger partial charge >= 0.3 is 5.97 Å². The Bertz CT molecular complexity index is 572. The maximum Gasteiger partial charge on any atom is 0.365 e. The van der Waals surface area contributed by atoms with Gasteiger partial charge in [-0.2, -0.15) is 0 Å². The largest absolute Gasteiger partial charge is 0.365 e. The van der Waals surface area contributed by atoms with E-state index in [1.165, 1.54) is 0 Å². The molecule has 5 nitrogen and oxygen atoms in total. The summed E-state index contributed by atoms with van der Waals surface area (Å²) >= 11 is 6.24. The van der Waals surface area contributed by atoms with Crippen molar-refractivity contribution < 1.29 is 19.2 Å². The smallest absolute Gasteiger partial charge is 0.325 e. The molecule has 1 heterocycles. The Labute approximate surface area is 149 Å². The van der Waals surface area contributed by atoms with Crippen LogP contribution in [-0.4, -0.2) is 22.8 Å². The average molecular weight is 597 g/mol. The lowest BCUT2D eigenvalue weighted by Crippen LogP contribution is -2.32. The predicted molar refractivity (Wildman–Crippen MR) is 91.1 cm³/mol. The highest BCUT2D eigenvalue weighted by molar-refractivity contribution is 14.1. The van der Waals surface area contributed by atoms with Crippen molar-refractivity contribution in [3.63, 3.8) is 0 Å². The first-order valence-corrected chi connectivity index (χ1v) is 8.36. The van der Waals surface area contributed by atoms with Crippen LogP contribution in [0, 0.1) is 10.7 Å². The van der Waals surface area contributed by atoms with Gasteiger partial charge < -0.3 is 4.84 Å². The second-order valence-electron chi connectivity index (χ2n) is 3.71. The van der Waals surface area contributed by atoms with Crippen LogP contribution in [0.25, 0.3) is 0 Å². The summed E-state index contributed by atoms with van der Waals surface area (Å²) in [6.07, 6.45) is 0.181. The molecule has 0 spiro atoms. The van der Waals surface area contributed by atoms with E-state index in [0.717, 1.165) is 10.7 Å². The molecule has 0 aliphatic carbocycles. The molecule has 1 fully saturated rings. The van der Waals surface area contributed by atoms with E-state index in [4.69, 9.17) is 4.84 Å². The summed E-state index contributed by atoms with van der Waals surface area (Å²) < 4.78 is 2.53. The number of hydroxylamine groups is 2. The molecular weight excluding hydrogens is 591 g/mol. The Morgan fingerprint density at radius 2 is 1.68 bits per heavy atom. The fourth-order valence-corrected chi connectivity index (χ4v) is 3.87. The van der Waals surface area contributed by atoms with Crippen molar-refractivity contribution in [1.82, 2.24) is 5.06 Å². The molecule has 19 heavy (non-hydrogen) atoms. The zero-order chi connectivity index (χ0) is 14.2. The number of rotatable bonds is 2. The minimum Gasteiger partial charge on any atom is -0.325 e. The number of halogens is 3. The fourth-order valence-electron chi connectivity index (χ4n) is 1.49. The first-order valence-electron chi connectivity index (χ1n) is 5.13. The molecule has 0 saturated carbocycles. The lowest BCUT2D eigenvalue weighted by atomic mass is 10.2. The van der Waals surface area contributed by atoms with Gasteiger partial charge in [0.2, 0.25) is 0 Å². The zero-order valence-corrected chi connectivity index (χ0v) is 15.8. The summed E-state index contributed by atoms with van der Waals surface area (Å²) in [5.74, 6) is -1.65. The molecule has 0 bridgehead atoms. The van der Waals surface area contributed by atoms with Gasteiger partial charge in [-0.3, -0.25) is 9.59 Å². The lowest BCUT2D eigenvalue weighted by molar-refractivity contribution is -0.172. The summed E-state index contributed by atoms with van der Waals surface area (Å²) in [6.45, 7) is 0. The van der Waals surface area contributed by atoms with E-state index in [1.807, 2.05) is 28.7 Å². The first-order chi connectivity index (χ1) is 8.90. The van der Waals surface area contributed by atoms with Crippen LogP contribution in [-0.2, 0) is 14.4 Å². The Morgan fingerprint density at radius 1 is 1.11 bits per heavy atom. The van der Waals surface area contributed by atoms with Crippen LogP contribution in [0.4, 0.5) is 0 Å². The third-order valence-electron chi connectivity index (χ3n) is 2.39. The van der Waals surface area contributed by atoms with Gasteiger partial charge in [-0.1, -0.05) is 0 Å². The molecule has 0 atom stereocenters. The molecule has 0 N–H and O–H groups in total. The summed E-state index contributed by atoms with van der Waals surface area (Å²) in [5.41, 5.74) is 0.351. The minimum absolute atomic E-state index is 0.0903. The molecule has 1 aromatic rings. The van der Waals surface area contributed by atoms with Crippen molar-refractivity contribution in [2.75, 3.05) is 0 Å². The van der Waals surface area contributed by atoms with Gasteiger partial charge in [0.25, 0.3) is 11.8 Å². The van der Waals surface area contributed by atoms with Gasteiger partial charge in [0.1, 0.15) is 0 Å². The Hall–Kier alpha value is 0.0200. The van der Waals surface area contributed by atoms with Crippen LogP contribution in [0.3, 0.4) is 0 Å². The van der Waals surface area contributed by atoms with Gasteiger partial charge in [0.05, 0.1) is 5.56 Å². The van der Waals surface area contributed by atoms with Crippen LogP contribution in [0.5, 0.6) is 0 Å². The van der Waals surface area contributed by atoms with Crippen molar-refractivity contribution in [2.45, 2.75) is 12.8 Å². The van der Waals surface area contributed by atoms with E-state index in [-0.39, 0.29) is 12.8 Å². The van der Waals surface area contributed by atoms with Crippen molar-refractivity contribution in [3.8, 4) is 0 Å². The number of carbonyl (C=O) groups is 3. The minimum atomic E-state index is -0.690. The van der Waals surface area contributed by atoms with Gasteiger partial charge in [-0.25, -0.2) is 4.79 Å².